The third kappa shape index (κ3) is 3.55. The van der Waals surface area contributed by atoms with Crippen molar-refractivity contribution in [3.05, 3.63) is 35.4 Å². The first-order chi connectivity index (χ1) is 12.2. The SMILES string of the molecule is Cc1ccccc1C1(CNC(=O)N2CCN(C3CCCC3)CC2)CC1. The lowest BCUT2D eigenvalue weighted by Crippen LogP contribution is -2.54. The zero-order chi connectivity index (χ0) is 17.3. The highest BCUT2D eigenvalue weighted by molar-refractivity contribution is 5.74. The van der Waals surface area contributed by atoms with Crippen molar-refractivity contribution in [1.29, 1.82) is 0 Å². The van der Waals surface area contributed by atoms with Crippen LogP contribution in [0.4, 0.5) is 4.79 Å². The molecule has 2 saturated carbocycles. The molecule has 0 aromatic heterocycles. The van der Waals surface area contributed by atoms with Gasteiger partial charge in [0.1, 0.15) is 0 Å². The Labute approximate surface area is 151 Å². The minimum atomic E-state index is 0.130. The molecule has 1 saturated heterocycles. The zero-order valence-corrected chi connectivity index (χ0v) is 15.5. The van der Waals surface area contributed by atoms with E-state index in [0.29, 0.717) is 0 Å². The number of carbonyl (C=O) groups is 1. The van der Waals surface area contributed by atoms with Gasteiger partial charge in [0, 0.05) is 44.2 Å². The molecule has 1 aromatic carbocycles. The fraction of sp³-hybridized carbons (Fsp3) is 0.667. The quantitative estimate of drug-likeness (QED) is 0.912. The highest BCUT2D eigenvalue weighted by Crippen LogP contribution is 2.48. The topological polar surface area (TPSA) is 35.6 Å². The number of hydrogen-bond donors (Lipinski definition) is 1. The molecule has 1 heterocycles. The Balaban J connectivity index is 1.28. The standard InChI is InChI=1S/C21H31N3O/c1-17-6-2-5-9-19(17)21(10-11-21)16-22-20(25)24-14-12-23(13-15-24)18-7-3-4-8-18/h2,5-6,9,18H,3-4,7-8,10-16H2,1H3,(H,22,25). The molecule has 3 aliphatic rings. The molecular weight excluding hydrogens is 310 g/mol. The Morgan fingerprint density at radius 3 is 2.44 bits per heavy atom. The Kier molecular flexibility index (Phi) is 4.72. The van der Waals surface area contributed by atoms with E-state index in [1.165, 1.54) is 49.7 Å². The molecule has 4 nitrogen and oxygen atoms in total. The fourth-order valence-electron chi connectivity index (χ4n) is 4.78. The van der Waals surface area contributed by atoms with Gasteiger partial charge in [0.05, 0.1) is 0 Å². The summed E-state index contributed by atoms with van der Waals surface area (Å²) in [5.74, 6) is 0. The molecule has 0 atom stereocenters. The maximum absolute atomic E-state index is 12.6. The van der Waals surface area contributed by atoms with Gasteiger partial charge in [-0.2, -0.15) is 0 Å². The van der Waals surface area contributed by atoms with Crippen LogP contribution in [0.1, 0.15) is 49.7 Å². The van der Waals surface area contributed by atoms with Gasteiger partial charge >= 0.3 is 6.03 Å². The predicted molar refractivity (Wildman–Crippen MR) is 101 cm³/mol. The van der Waals surface area contributed by atoms with Gasteiger partial charge in [-0.1, -0.05) is 37.1 Å². The van der Waals surface area contributed by atoms with Crippen LogP contribution in [-0.4, -0.2) is 54.6 Å². The van der Waals surface area contributed by atoms with E-state index in [4.69, 9.17) is 0 Å². The van der Waals surface area contributed by atoms with Gasteiger partial charge in [-0.15, -0.1) is 0 Å². The van der Waals surface area contributed by atoms with Gasteiger partial charge in [0.25, 0.3) is 0 Å². The van der Waals surface area contributed by atoms with Crippen molar-refractivity contribution < 1.29 is 4.79 Å². The Morgan fingerprint density at radius 1 is 1.12 bits per heavy atom. The Bertz CT molecular complexity index is 611. The third-order valence-electron chi connectivity index (χ3n) is 6.59. The molecule has 1 aliphatic heterocycles. The summed E-state index contributed by atoms with van der Waals surface area (Å²) in [5, 5.41) is 3.23. The molecule has 4 heteroatoms. The predicted octanol–water partition coefficient (Wildman–Crippen LogP) is 3.30. The van der Waals surface area contributed by atoms with Crippen LogP contribution in [-0.2, 0) is 5.41 Å². The van der Waals surface area contributed by atoms with Gasteiger partial charge in [0.2, 0.25) is 0 Å². The number of hydrogen-bond acceptors (Lipinski definition) is 2. The summed E-state index contributed by atoms with van der Waals surface area (Å²) >= 11 is 0. The minimum Gasteiger partial charge on any atom is -0.337 e. The van der Waals surface area contributed by atoms with Crippen LogP contribution in [0.25, 0.3) is 0 Å². The summed E-state index contributed by atoms with van der Waals surface area (Å²) in [7, 11) is 0. The van der Waals surface area contributed by atoms with Crippen LogP contribution in [0.15, 0.2) is 24.3 Å². The van der Waals surface area contributed by atoms with E-state index >= 15 is 0 Å². The van der Waals surface area contributed by atoms with Crippen molar-refractivity contribution in [2.75, 3.05) is 32.7 Å². The van der Waals surface area contributed by atoms with Gasteiger partial charge < -0.3 is 10.2 Å². The average molecular weight is 341 g/mol. The van der Waals surface area contributed by atoms with E-state index in [0.717, 1.165) is 38.8 Å². The van der Waals surface area contributed by atoms with Crippen LogP contribution in [0, 0.1) is 6.92 Å². The van der Waals surface area contributed by atoms with Crippen molar-refractivity contribution in [3.8, 4) is 0 Å². The van der Waals surface area contributed by atoms with Crippen LogP contribution in [0.3, 0.4) is 0 Å². The lowest BCUT2D eigenvalue weighted by molar-refractivity contribution is 0.109. The van der Waals surface area contributed by atoms with E-state index in [2.05, 4.69) is 41.4 Å². The maximum Gasteiger partial charge on any atom is 0.317 e. The minimum absolute atomic E-state index is 0.130. The smallest absolute Gasteiger partial charge is 0.317 e. The molecule has 0 unspecified atom stereocenters. The van der Waals surface area contributed by atoms with E-state index < -0.39 is 0 Å². The number of benzene rings is 1. The molecule has 0 bridgehead atoms. The first-order valence-electron chi connectivity index (χ1n) is 10.0. The molecular formula is C21H31N3O. The molecule has 1 aromatic rings. The lowest BCUT2D eigenvalue weighted by atomic mass is 9.92. The van der Waals surface area contributed by atoms with Gasteiger partial charge in [-0.05, 0) is 43.7 Å². The summed E-state index contributed by atoms with van der Waals surface area (Å²) < 4.78 is 0. The maximum atomic E-state index is 12.6. The van der Waals surface area contributed by atoms with Crippen molar-refractivity contribution in [1.82, 2.24) is 15.1 Å². The van der Waals surface area contributed by atoms with Crippen molar-refractivity contribution >= 4 is 6.03 Å². The number of nitrogens with zero attached hydrogens (tertiary/aromatic N) is 2. The van der Waals surface area contributed by atoms with Crippen LogP contribution in [0.5, 0.6) is 0 Å². The molecule has 1 N–H and O–H groups in total. The molecule has 0 radical (unpaired) electrons. The number of amides is 2. The molecule has 3 fully saturated rings. The molecule has 2 aliphatic carbocycles. The van der Waals surface area contributed by atoms with Crippen molar-refractivity contribution in [3.63, 3.8) is 0 Å². The summed E-state index contributed by atoms with van der Waals surface area (Å²) in [6.45, 7) is 6.79. The molecule has 136 valence electrons. The van der Waals surface area contributed by atoms with Gasteiger partial charge in [0.15, 0.2) is 0 Å². The Morgan fingerprint density at radius 2 is 1.80 bits per heavy atom. The lowest BCUT2D eigenvalue weighted by Gasteiger charge is -2.38. The van der Waals surface area contributed by atoms with Gasteiger partial charge in [-0.25, -0.2) is 4.79 Å². The van der Waals surface area contributed by atoms with E-state index in [-0.39, 0.29) is 11.4 Å². The highest BCUT2D eigenvalue weighted by Gasteiger charge is 2.45. The summed E-state index contributed by atoms with van der Waals surface area (Å²) in [6.07, 6.45) is 7.84. The number of rotatable bonds is 4. The van der Waals surface area contributed by atoms with Crippen LogP contribution in [0.2, 0.25) is 0 Å². The van der Waals surface area contributed by atoms with Crippen LogP contribution < -0.4 is 5.32 Å². The highest BCUT2D eigenvalue weighted by atomic mass is 16.2. The average Bonchev–Trinajstić information content (AvgIpc) is 3.22. The molecule has 0 spiro atoms. The van der Waals surface area contributed by atoms with Crippen molar-refractivity contribution in [2.24, 2.45) is 0 Å². The number of piperazine rings is 1. The van der Waals surface area contributed by atoms with E-state index in [9.17, 15) is 4.79 Å². The summed E-state index contributed by atoms with van der Waals surface area (Å²) in [4.78, 5) is 17.2. The monoisotopic (exact) mass is 341 g/mol. The fourth-order valence-corrected chi connectivity index (χ4v) is 4.78. The normalized spacial score (nSPS) is 23.6. The number of nitrogens with one attached hydrogen (secondary N) is 1. The summed E-state index contributed by atoms with van der Waals surface area (Å²) in [6, 6.07) is 9.53. The third-order valence-corrected chi connectivity index (χ3v) is 6.59. The molecule has 25 heavy (non-hydrogen) atoms. The molecule has 2 amide bonds. The second kappa shape index (κ2) is 6.99. The van der Waals surface area contributed by atoms with E-state index in [1.54, 1.807) is 0 Å². The zero-order valence-electron chi connectivity index (χ0n) is 15.5. The second-order valence-electron chi connectivity index (χ2n) is 8.22. The first-order valence-corrected chi connectivity index (χ1v) is 10.0. The number of urea groups is 1. The summed E-state index contributed by atoms with van der Waals surface area (Å²) in [5.41, 5.74) is 2.95. The van der Waals surface area contributed by atoms with Crippen molar-refractivity contribution in [2.45, 2.75) is 56.9 Å². The molecule has 4 rings (SSSR count). The number of aryl methyl sites for hydroxylation is 1. The van der Waals surface area contributed by atoms with Gasteiger partial charge in [-0.3, -0.25) is 4.90 Å². The van der Waals surface area contributed by atoms with E-state index in [1.807, 2.05) is 4.90 Å². The largest absolute Gasteiger partial charge is 0.337 e. The Hall–Kier alpha value is -1.55. The number of carbonyl (C=O) groups excluding carboxylic acids is 1. The second-order valence-corrected chi connectivity index (χ2v) is 8.22. The first kappa shape index (κ1) is 16.9. The van der Waals surface area contributed by atoms with Crippen LogP contribution >= 0.6 is 0 Å².